The van der Waals surface area contributed by atoms with Crippen molar-refractivity contribution in [1.29, 1.82) is 0 Å². The lowest BCUT2D eigenvalue weighted by molar-refractivity contribution is 0.590. The molecule has 4 aliphatic heterocycles. The number of hydrogen-bond donors (Lipinski definition) is 0. The van der Waals surface area contributed by atoms with Gasteiger partial charge in [0.1, 0.15) is 0 Å². The lowest BCUT2D eigenvalue weighted by Crippen LogP contribution is -2.61. The summed E-state index contributed by atoms with van der Waals surface area (Å²) in [5.74, 6) is 0. The highest BCUT2D eigenvalue weighted by molar-refractivity contribution is 7.01. The van der Waals surface area contributed by atoms with E-state index in [1.54, 1.807) is 0 Å². The lowest BCUT2D eigenvalue weighted by atomic mass is 9.33. The van der Waals surface area contributed by atoms with Gasteiger partial charge in [-0.1, -0.05) is 286 Å². The first-order valence-electron chi connectivity index (χ1n) is 46.7. The highest BCUT2D eigenvalue weighted by Crippen LogP contribution is 2.51. The molecule has 0 bridgehead atoms. The quantitative estimate of drug-likeness (QED) is 0.0556. The predicted molar refractivity (Wildman–Crippen MR) is 549 cm³/mol. The fraction of sp³-hybridized carbons (Fsp3) is 0.288. The minimum absolute atomic E-state index is 0.0150. The molecule has 4 aliphatic rings. The van der Waals surface area contributed by atoms with Crippen LogP contribution in [0.3, 0.4) is 0 Å². The standard InChI is InChI=1S/2C59H64BN3/c1-11-12-13-14-17-43-21-28-47(29-22-43)63-54-39-50(61(46-26-19-40(2)20-27-46)49-18-15-16-41(3)35-49)32-33-51(54)60-52-38-45(59(8,9)10)25-34-53(52)62(55-36-42(4)37-56(63)57(55)60)48-30-23-44(24-31-48)58(5,6)7;1-11-12-13-14-15-43-20-29-48(30-21-43)63-54-39-50(61(46-25-16-40(2)17-26-46)47-27-18-41(3)19-28-47)33-34-51(54)60-52-38-45(59(8,9)10)24-35-53(52)62(55-36-42(4)37-56(63)57(55)60)49-31-22-44(23-32-49)58(5,6)7/h15-16,18-39H,11-14,17H2,1-10H3;16-39H,11-15H2,1-10H3. The van der Waals surface area contributed by atoms with Gasteiger partial charge in [0.2, 0.25) is 0 Å². The molecule has 0 radical (unpaired) electrons. The Balaban J connectivity index is 0.000000178. The fourth-order valence-electron chi connectivity index (χ4n) is 19.7. The van der Waals surface area contributed by atoms with E-state index in [0.717, 1.165) is 47.0 Å². The number of fused-ring (bicyclic) bond motifs is 8. The third kappa shape index (κ3) is 17.1. The lowest BCUT2D eigenvalue weighted by Gasteiger charge is -2.45. The zero-order chi connectivity index (χ0) is 88.4. The van der Waals surface area contributed by atoms with Crippen LogP contribution in [-0.2, 0) is 34.5 Å². The average molecular weight is 1650 g/mol. The number of aryl methyl sites for hydroxylation is 8. The topological polar surface area (TPSA) is 19.4 Å². The molecule has 18 rings (SSSR count). The zero-order valence-corrected chi connectivity index (χ0v) is 78.6. The molecule has 4 heterocycles. The smallest absolute Gasteiger partial charge is 0.252 e. The summed E-state index contributed by atoms with van der Waals surface area (Å²) in [7, 11) is 0. The van der Waals surface area contributed by atoms with Crippen molar-refractivity contribution in [3.05, 3.63) is 358 Å². The van der Waals surface area contributed by atoms with Gasteiger partial charge in [-0.05, 0) is 329 Å². The van der Waals surface area contributed by atoms with E-state index in [1.165, 1.54) is 219 Å². The summed E-state index contributed by atoms with van der Waals surface area (Å²) in [4.78, 5) is 15.1. The summed E-state index contributed by atoms with van der Waals surface area (Å²) in [6.45, 7) is 45.7. The van der Waals surface area contributed by atoms with Gasteiger partial charge in [0.05, 0.1) is 0 Å². The fourth-order valence-corrected chi connectivity index (χ4v) is 19.7. The molecule has 0 fully saturated rings. The van der Waals surface area contributed by atoms with Gasteiger partial charge in [-0.25, -0.2) is 0 Å². The van der Waals surface area contributed by atoms with Crippen molar-refractivity contribution < 1.29 is 0 Å². The second-order valence-corrected chi connectivity index (χ2v) is 40.7. The molecule has 6 nitrogen and oxygen atoms in total. The Morgan fingerprint density at radius 3 is 0.857 bits per heavy atom. The largest absolute Gasteiger partial charge is 0.311 e. The van der Waals surface area contributed by atoms with Gasteiger partial charge in [0, 0.05) is 102 Å². The van der Waals surface area contributed by atoms with Crippen molar-refractivity contribution in [3.63, 3.8) is 0 Å². The van der Waals surface area contributed by atoms with Gasteiger partial charge < -0.3 is 29.4 Å². The van der Waals surface area contributed by atoms with Crippen molar-refractivity contribution in [2.24, 2.45) is 0 Å². The highest BCUT2D eigenvalue weighted by Gasteiger charge is 2.47. The van der Waals surface area contributed by atoms with Crippen LogP contribution in [0.4, 0.5) is 102 Å². The highest BCUT2D eigenvalue weighted by atomic mass is 15.2. The van der Waals surface area contributed by atoms with Gasteiger partial charge in [-0.2, -0.15) is 0 Å². The van der Waals surface area contributed by atoms with Gasteiger partial charge in [0.25, 0.3) is 13.4 Å². The normalized spacial score (nSPS) is 13.1. The van der Waals surface area contributed by atoms with E-state index in [2.05, 4.69) is 459 Å². The Morgan fingerprint density at radius 2 is 0.532 bits per heavy atom. The molecule has 14 aromatic rings. The Kier molecular flexibility index (Phi) is 23.8. The van der Waals surface area contributed by atoms with Crippen LogP contribution in [0.1, 0.15) is 215 Å². The van der Waals surface area contributed by atoms with Gasteiger partial charge in [-0.3, -0.25) is 0 Å². The number of anilines is 18. The molecule has 0 atom stereocenters. The predicted octanol–water partition coefficient (Wildman–Crippen LogP) is 29.8. The molecule has 0 aromatic heterocycles. The van der Waals surface area contributed by atoms with Gasteiger partial charge >= 0.3 is 0 Å². The molecule has 0 aliphatic carbocycles. The number of nitrogens with zero attached hydrogens (tertiary/aromatic N) is 6. The maximum absolute atomic E-state index is 2.57. The van der Waals surface area contributed by atoms with Crippen LogP contribution in [0, 0.1) is 41.5 Å². The molecule has 0 spiro atoms. The van der Waals surface area contributed by atoms with Crippen LogP contribution < -0.4 is 62.2 Å². The second-order valence-electron chi connectivity index (χ2n) is 40.7. The third-order valence-corrected chi connectivity index (χ3v) is 26.8. The third-order valence-electron chi connectivity index (χ3n) is 26.8. The molecule has 126 heavy (non-hydrogen) atoms. The first-order valence-corrected chi connectivity index (χ1v) is 46.7. The van der Waals surface area contributed by atoms with Crippen molar-refractivity contribution in [2.75, 3.05) is 29.4 Å². The van der Waals surface area contributed by atoms with E-state index in [0.29, 0.717) is 0 Å². The van der Waals surface area contributed by atoms with E-state index in [4.69, 9.17) is 0 Å². The number of hydrogen-bond acceptors (Lipinski definition) is 6. The summed E-state index contributed by atoms with van der Waals surface area (Å²) in [5.41, 5.74) is 45.3. The summed E-state index contributed by atoms with van der Waals surface area (Å²) < 4.78 is 0. The number of rotatable bonds is 20. The molecule has 636 valence electrons. The maximum atomic E-state index is 2.57. The molecule has 0 unspecified atom stereocenters. The van der Waals surface area contributed by atoms with E-state index < -0.39 is 0 Å². The van der Waals surface area contributed by atoms with E-state index >= 15 is 0 Å². The van der Waals surface area contributed by atoms with Crippen molar-refractivity contribution in [3.8, 4) is 0 Å². The summed E-state index contributed by atoms with van der Waals surface area (Å²) in [6.07, 6.45) is 12.3. The summed E-state index contributed by atoms with van der Waals surface area (Å²) in [5, 5.41) is 0. The Bertz CT molecular complexity index is 6250. The number of unbranched alkanes of at least 4 members (excludes halogenated alkanes) is 6. The maximum Gasteiger partial charge on any atom is 0.252 e. The van der Waals surface area contributed by atoms with Gasteiger partial charge in [-0.15, -0.1) is 0 Å². The molecule has 8 heteroatoms. The Labute approximate surface area is 755 Å². The van der Waals surface area contributed by atoms with E-state index in [1.807, 2.05) is 0 Å². The van der Waals surface area contributed by atoms with Crippen LogP contribution in [0.25, 0.3) is 0 Å². The van der Waals surface area contributed by atoms with Crippen LogP contribution in [-0.4, -0.2) is 13.4 Å². The van der Waals surface area contributed by atoms with Crippen molar-refractivity contribution >= 4 is 149 Å². The molecule has 0 N–H and O–H groups in total. The minimum atomic E-state index is -0.0152. The number of benzene rings is 14. The van der Waals surface area contributed by atoms with Crippen LogP contribution in [0.5, 0.6) is 0 Å². The van der Waals surface area contributed by atoms with Crippen LogP contribution >= 0.6 is 0 Å². The van der Waals surface area contributed by atoms with Crippen LogP contribution in [0.2, 0.25) is 0 Å². The zero-order valence-electron chi connectivity index (χ0n) is 78.6. The van der Waals surface area contributed by atoms with Gasteiger partial charge in [0.15, 0.2) is 0 Å². The van der Waals surface area contributed by atoms with Crippen molar-refractivity contribution in [2.45, 2.75) is 224 Å². The monoisotopic (exact) mass is 1650 g/mol. The first kappa shape index (κ1) is 86.1. The Morgan fingerprint density at radius 1 is 0.230 bits per heavy atom. The molecule has 0 saturated carbocycles. The molecular weight excluding hydrogens is 1520 g/mol. The molecule has 14 aromatic carbocycles. The van der Waals surface area contributed by atoms with E-state index in [-0.39, 0.29) is 35.1 Å². The first-order chi connectivity index (χ1) is 60.4. The van der Waals surface area contributed by atoms with Crippen LogP contribution in [0.15, 0.2) is 291 Å². The Hall–Kier alpha value is -12.0. The SMILES string of the molecule is CCCCCCc1ccc(N2c3cc(N(c4ccc(C)cc4)c4ccc(C)cc4)ccc3B3c4cc(C(C)(C)C)ccc4N(c4ccc(C(C)(C)C)cc4)c4cc(C)cc2c43)cc1.CCCCCCc1ccc(N2c3cc(N(c4ccc(C)cc4)c4cccc(C)c4)ccc3B3c4cc(C(C)(C)C)ccc4N(c4ccc(C(C)(C)C)cc4)c4cc(C)cc2c43)cc1. The molecule has 0 amide bonds. The van der Waals surface area contributed by atoms with Crippen molar-refractivity contribution in [1.82, 2.24) is 0 Å². The van der Waals surface area contributed by atoms with E-state index in [9.17, 15) is 0 Å². The minimum Gasteiger partial charge on any atom is -0.311 e. The summed E-state index contributed by atoms with van der Waals surface area (Å²) >= 11 is 0. The molecule has 0 saturated heterocycles. The summed E-state index contributed by atoms with van der Waals surface area (Å²) in [6, 6.07) is 112. The second kappa shape index (κ2) is 34.7. The molecular formula is C118H128B2N6. The average Bonchev–Trinajstić information content (AvgIpc) is 0.698.